The van der Waals surface area contributed by atoms with E-state index in [9.17, 15) is 0 Å². The van der Waals surface area contributed by atoms with Crippen LogP contribution in [0.25, 0.3) is 98.4 Å². The average molecular weight is 597 g/mol. The van der Waals surface area contributed by atoms with Gasteiger partial charge in [0.05, 0.1) is 0 Å². The Balaban J connectivity index is 1.26. The highest BCUT2D eigenvalue weighted by Gasteiger charge is 2.20. The molecule has 47 heavy (non-hydrogen) atoms. The Morgan fingerprint density at radius 3 is 1.45 bits per heavy atom. The maximum atomic E-state index is 6.72. The van der Waals surface area contributed by atoms with E-state index in [1.54, 1.807) is 0 Å². The predicted octanol–water partition coefficient (Wildman–Crippen LogP) is 13.2. The molecule has 0 spiro atoms. The van der Waals surface area contributed by atoms with Crippen LogP contribution in [0.1, 0.15) is 0 Å². The first-order chi connectivity index (χ1) is 23.3. The van der Waals surface area contributed by atoms with Crippen LogP contribution in [0.5, 0.6) is 0 Å². The molecule has 0 amide bonds. The minimum Gasteiger partial charge on any atom is -0.456 e. The van der Waals surface area contributed by atoms with E-state index in [-0.39, 0.29) is 0 Å². The molecule has 10 aromatic rings. The van der Waals surface area contributed by atoms with Crippen molar-refractivity contribution in [2.75, 3.05) is 0 Å². The lowest BCUT2D eigenvalue weighted by Crippen LogP contribution is -1.90. The minimum absolute atomic E-state index is 0.898. The van der Waals surface area contributed by atoms with Crippen molar-refractivity contribution in [1.82, 2.24) is 0 Å². The third kappa shape index (κ3) is 3.90. The molecule has 0 saturated carbocycles. The van der Waals surface area contributed by atoms with Gasteiger partial charge in [0, 0.05) is 10.8 Å². The molecule has 1 heterocycles. The van der Waals surface area contributed by atoms with Gasteiger partial charge in [0.15, 0.2) is 0 Å². The fraction of sp³-hybridized carbons (Fsp3) is 0. The number of benzene rings is 9. The number of rotatable bonds is 3. The highest BCUT2D eigenvalue weighted by Crippen LogP contribution is 2.46. The molecular formula is C46H28O. The molecule has 218 valence electrons. The molecule has 1 nitrogen and oxygen atoms in total. The SMILES string of the molecule is c1ccc(-c2c3ccccc3c(-c3ccc4c(c3)oc3cccc(-c5c6ccccc6cc6ccccc56)c34)c3ccccc23)cc1. The first kappa shape index (κ1) is 26.1. The van der Waals surface area contributed by atoms with Gasteiger partial charge in [-0.15, -0.1) is 0 Å². The van der Waals surface area contributed by atoms with E-state index in [4.69, 9.17) is 4.42 Å². The molecule has 10 rings (SSSR count). The third-order valence-electron chi connectivity index (χ3n) is 9.82. The van der Waals surface area contributed by atoms with E-state index in [1.807, 2.05) is 0 Å². The van der Waals surface area contributed by atoms with Gasteiger partial charge < -0.3 is 4.42 Å². The zero-order chi connectivity index (χ0) is 30.9. The summed E-state index contributed by atoms with van der Waals surface area (Å²) in [4.78, 5) is 0. The second-order valence-electron chi connectivity index (χ2n) is 12.4. The van der Waals surface area contributed by atoms with E-state index in [2.05, 4.69) is 170 Å². The molecule has 0 radical (unpaired) electrons. The van der Waals surface area contributed by atoms with E-state index < -0.39 is 0 Å². The maximum Gasteiger partial charge on any atom is 0.136 e. The summed E-state index contributed by atoms with van der Waals surface area (Å²) >= 11 is 0. The van der Waals surface area contributed by atoms with Crippen LogP contribution in [0.15, 0.2) is 174 Å². The number of furan rings is 1. The molecule has 0 aliphatic heterocycles. The summed E-state index contributed by atoms with van der Waals surface area (Å²) in [6.07, 6.45) is 0. The van der Waals surface area contributed by atoms with Crippen LogP contribution in [-0.2, 0) is 0 Å². The van der Waals surface area contributed by atoms with Crippen molar-refractivity contribution in [2.24, 2.45) is 0 Å². The summed E-state index contributed by atoms with van der Waals surface area (Å²) in [7, 11) is 0. The summed E-state index contributed by atoms with van der Waals surface area (Å²) in [6, 6.07) is 61.4. The van der Waals surface area contributed by atoms with Crippen LogP contribution in [0, 0.1) is 0 Å². The summed E-state index contributed by atoms with van der Waals surface area (Å²) in [5, 5.41) is 12.3. The fourth-order valence-electron chi connectivity index (χ4n) is 7.85. The van der Waals surface area contributed by atoms with Crippen molar-refractivity contribution < 1.29 is 4.42 Å². The Morgan fingerprint density at radius 1 is 0.298 bits per heavy atom. The topological polar surface area (TPSA) is 13.1 Å². The molecule has 0 aliphatic rings. The number of fused-ring (bicyclic) bond motifs is 7. The van der Waals surface area contributed by atoms with Crippen molar-refractivity contribution >= 4 is 65.0 Å². The van der Waals surface area contributed by atoms with E-state index >= 15 is 0 Å². The van der Waals surface area contributed by atoms with Gasteiger partial charge >= 0.3 is 0 Å². The lowest BCUT2D eigenvalue weighted by Gasteiger charge is -2.17. The van der Waals surface area contributed by atoms with Crippen LogP contribution < -0.4 is 0 Å². The minimum atomic E-state index is 0.898. The van der Waals surface area contributed by atoms with Crippen molar-refractivity contribution in [3.05, 3.63) is 170 Å². The van der Waals surface area contributed by atoms with Gasteiger partial charge in [0.25, 0.3) is 0 Å². The number of hydrogen-bond donors (Lipinski definition) is 0. The zero-order valence-corrected chi connectivity index (χ0v) is 25.6. The average Bonchev–Trinajstić information content (AvgIpc) is 3.51. The molecule has 0 bridgehead atoms. The Kier molecular flexibility index (Phi) is 5.64. The summed E-state index contributed by atoms with van der Waals surface area (Å²) in [6.45, 7) is 0. The monoisotopic (exact) mass is 596 g/mol. The molecule has 0 saturated heterocycles. The first-order valence-corrected chi connectivity index (χ1v) is 16.2. The van der Waals surface area contributed by atoms with Gasteiger partial charge in [-0.05, 0) is 101 Å². The second-order valence-corrected chi connectivity index (χ2v) is 12.4. The molecule has 0 fully saturated rings. The van der Waals surface area contributed by atoms with E-state index in [1.165, 1.54) is 70.9 Å². The fourth-order valence-corrected chi connectivity index (χ4v) is 7.85. The standard InChI is InChI=1S/C46H28O/c1-2-13-29(14-3-1)43-35-19-8-10-21-37(35)44(38-22-11-9-20-36(38)43)32-25-26-39-42(28-32)47-41-24-12-23-40(46(39)41)45-33-17-6-4-15-30(33)27-31-16-5-7-18-34(31)45/h1-28H. The summed E-state index contributed by atoms with van der Waals surface area (Å²) in [5.74, 6) is 0. The molecule has 1 heteroatoms. The Labute approximate surface area is 271 Å². The molecule has 9 aromatic carbocycles. The van der Waals surface area contributed by atoms with Gasteiger partial charge in [-0.3, -0.25) is 0 Å². The van der Waals surface area contributed by atoms with Gasteiger partial charge in [0.2, 0.25) is 0 Å². The Hall–Kier alpha value is -6.18. The van der Waals surface area contributed by atoms with Crippen LogP contribution >= 0.6 is 0 Å². The van der Waals surface area contributed by atoms with Crippen LogP contribution in [-0.4, -0.2) is 0 Å². The first-order valence-electron chi connectivity index (χ1n) is 16.2. The summed E-state index contributed by atoms with van der Waals surface area (Å²) < 4.78 is 6.72. The van der Waals surface area contributed by atoms with Crippen LogP contribution in [0.2, 0.25) is 0 Å². The van der Waals surface area contributed by atoms with E-state index in [0.29, 0.717) is 0 Å². The van der Waals surface area contributed by atoms with Gasteiger partial charge in [-0.1, -0.05) is 146 Å². The highest BCUT2D eigenvalue weighted by molar-refractivity contribution is 6.24. The predicted molar refractivity (Wildman–Crippen MR) is 200 cm³/mol. The van der Waals surface area contributed by atoms with Gasteiger partial charge in [0.1, 0.15) is 11.2 Å². The molecule has 0 N–H and O–H groups in total. The summed E-state index contributed by atoms with van der Waals surface area (Å²) in [5.41, 5.74) is 9.15. The third-order valence-corrected chi connectivity index (χ3v) is 9.82. The van der Waals surface area contributed by atoms with Crippen molar-refractivity contribution in [3.8, 4) is 33.4 Å². The molecule has 0 unspecified atom stereocenters. The Morgan fingerprint density at radius 2 is 0.830 bits per heavy atom. The highest BCUT2D eigenvalue weighted by atomic mass is 16.3. The van der Waals surface area contributed by atoms with Crippen molar-refractivity contribution in [1.29, 1.82) is 0 Å². The maximum absolute atomic E-state index is 6.72. The Bertz CT molecular complexity index is 2730. The second kappa shape index (κ2) is 10.2. The van der Waals surface area contributed by atoms with Crippen molar-refractivity contribution in [2.45, 2.75) is 0 Å². The van der Waals surface area contributed by atoms with Crippen LogP contribution in [0.3, 0.4) is 0 Å². The smallest absolute Gasteiger partial charge is 0.136 e. The molecular weight excluding hydrogens is 569 g/mol. The van der Waals surface area contributed by atoms with Crippen LogP contribution in [0.4, 0.5) is 0 Å². The normalized spacial score (nSPS) is 11.8. The largest absolute Gasteiger partial charge is 0.456 e. The van der Waals surface area contributed by atoms with E-state index in [0.717, 1.165) is 27.5 Å². The molecule has 0 aliphatic carbocycles. The zero-order valence-electron chi connectivity index (χ0n) is 25.6. The number of hydrogen-bond acceptors (Lipinski definition) is 1. The van der Waals surface area contributed by atoms with Crippen molar-refractivity contribution in [3.63, 3.8) is 0 Å². The molecule has 0 atom stereocenters. The van der Waals surface area contributed by atoms with Gasteiger partial charge in [-0.2, -0.15) is 0 Å². The lowest BCUT2D eigenvalue weighted by atomic mass is 9.85. The lowest BCUT2D eigenvalue weighted by molar-refractivity contribution is 0.669. The molecule has 1 aromatic heterocycles. The quantitative estimate of drug-likeness (QED) is 0.185. The van der Waals surface area contributed by atoms with Gasteiger partial charge in [-0.25, -0.2) is 0 Å².